The first-order valence-corrected chi connectivity index (χ1v) is 7.35. The number of hydrogen-bond donors (Lipinski definition) is 2. The lowest BCUT2D eigenvalue weighted by molar-refractivity contribution is 0.145. The van der Waals surface area contributed by atoms with Gasteiger partial charge in [-0.1, -0.05) is 24.3 Å². The molecule has 1 aliphatic heterocycles. The molecule has 0 bridgehead atoms. The van der Waals surface area contributed by atoms with Crippen LogP contribution < -0.4 is 5.32 Å². The quantitative estimate of drug-likeness (QED) is 0.886. The Kier molecular flexibility index (Phi) is 2.96. The summed E-state index contributed by atoms with van der Waals surface area (Å²) >= 11 is 0. The van der Waals surface area contributed by atoms with E-state index in [1.54, 1.807) is 6.20 Å². The molecule has 22 heavy (non-hydrogen) atoms. The number of nitrogens with zero attached hydrogens (tertiary/aromatic N) is 3. The van der Waals surface area contributed by atoms with Crippen molar-refractivity contribution >= 4 is 12.0 Å². The largest absolute Gasteiger partial charge is 0.465 e. The van der Waals surface area contributed by atoms with Gasteiger partial charge >= 0.3 is 6.09 Å². The molecule has 4 rings (SSSR count). The zero-order chi connectivity index (χ0) is 15.1. The van der Waals surface area contributed by atoms with Crippen LogP contribution in [0, 0.1) is 0 Å². The fraction of sp³-hybridized carbons (Fsp3) is 0.312. The van der Waals surface area contributed by atoms with Crippen molar-refractivity contribution in [1.29, 1.82) is 0 Å². The van der Waals surface area contributed by atoms with Crippen LogP contribution in [0.5, 0.6) is 0 Å². The van der Waals surface area contributed by atoms with Gasteiger partial charge in [-0.15, -0.1) is 0 Å². The molecule has 2 heterocycles. The minimum Gasteiger partial charge on any atom is -0.465 e. The number of benzene rings is 1. The third-order valence-corrected chi connectivity index (χ3v) is 4.31. The summed E-state index contributed by atoms with van der Waals surface area (Å²) in [5, 5.41) is 12.4. The minimum absolute atomic E-state index is 0.299. The summed E-state index contributed by atoms with van der Waals surface area (Å²) in [4.78, 5) is 21.2. The summed E-state index contributed by atoms with van der Waals surface area (Å²) in [6.07, 6.45) is 2.75. The second-order valence-corrected chi connectivity index (χ2v) is 5.82. The van der Waals surface area contributed by atoms with Gasteiger partial charge in [0.2, 0.25) is 5.95 Å². The van der Waals surface area contributed by atoms with E-state index >= 15 is 0 Å². The predicted octanol–water partition coefficient (Wildman–Crippen LogP) is 2.05. The standard InChI is InChI=1S/C16H16N4O2/c21-16(22)20-8-12-7-17-15(19-14(12)9-20)18-13-5-10-3-1-2-4-11(10)6-13/h1-4,7,13H,5-6,8-9H2,(H,21,22)(H,17,18,19). The first-order chi connectivity index (χ1) is 10.7. The van der Waals surface area contributed by atoms with Gasteiger partial charge in [0, 0.05) is 17.8 Å². The monoisotopic (exact) mass is 296 g/mol. The Morgan fingerprint density at radius 2 is 1.91 bits per heavy atom. The molecule has 0 unspecified atom stereocenters. The number of rotatable bonds is 2. The van der Waals surface area contributed by atoms with Crippen molar-refractivity contribution in [2.45, 2.75) is 32.0 Å². The SMILES string of the molecule is O=C(O)N1Cc2cnc(NC3Cc4ccccc4C3)nc2C1. The summed E-state index contributed by atoms with van der Waals surface area (Å²) in [5.74, 6) is 0.587. The van der Waals surface area contributed by atoms with Crippen molar-refractivity contribution < 1.29 is 9.90 Å². The van der Waals surface area contributed by atoms with Gasteiger partial charge in [-0.3, -0.25) is 4.90 Å². The summed E-state index contributed by atoms with van der Waals surface area (Å²) in [6.45, 7) is 0.715. The van der Waals surface area contributed by atoms with E-state index in [4.69, 9.17) is 5.11 Å². The highest BCUT2D eigenvalue weighted by Crippen LogP contribution is 2.25. The molecule has 0 spiro atoms. The van der Waals surface area contributed by atoms with Gasteiger partial charge in [-0.25, -0.2) is 14.8 Å². The molecule has 1 amide bonds. The fourth-order valence-electron chi connectivity index (χ4n) is 3.20. The molecule has 1 aromatic heterocycles. The molecule has 2 N–H and O–H groups in total. The molecule has 112 valence electrons. The van der Waals surface area contributed by atoms with Crippen LogP contribution in [0.25, 0.3) is 0 Å². The Balaban J connectivity index is 1.48. The maximum atomic E-state index is 11.0. The van der Waals surface area contributed by atoms with Crippen LogP contribution in [0.3, 0.4) is 0 Å². The molecule has 1 aliphatic carbocycles. The Bertz CT molecular complexity index is 722. The average molecular weight is 296 g/mol. The zero-order valence-electron chi connectivity index (χ0n) is 12.0. The Morgan fingerprint density at radius 3 is 2.59 bits per heavy atom. The molecule has 6 heteroatoms. The normalized spacial score (nSPS) is 16.5. The van der Waals surface area contributed by atoms with Crippen LogP contribution in [0.2, 0.25) is 0 Å². The average Bonchev–Trinajstić information content (AvgIpc) is 3.09. The maximum absolute atomic E-state index is 11.0. The maximum Gasteiger partial charge on any atom is 0.407 e. The highest BCUT2D eigenvalue weighted by Gasteiger charge is 2.26. The molecular formula is C16H16N4O2. The van der Waals surface area contributed by atoms with Gasteiger partial charge < -0.3 is 10.4 Å². The lowest BCUT2D eigenvalue weighted by atomic mass is 10.1. The lowest BCUT2D eigenvalue weighted by Gasteiger charge is -2.12. The zero-order valence-corrected chi connectivity index (χ0v) is 12.0. The van der Waals surface area contributed by atoms with Gasteiger partial charge in [-0.2, -0.15) is 0 Å². The first kappa shape index (κ1) is 13.1. The third kappa shape index (κ3) is 2.26. The highest BCUT2D eigenvalue weighted by molar-refractivity contribution is 5.66. The van der Waals surface area contributed by atoms with Crippen LogP contribution in [-0.2, 0) is 25.9 Å². The van der Waals surface area contributed by atoms with Crippen LogP contribution in [0.15, 0.2) is 30.5 Å². The molecular weight excluding hydrogens is 280 g/mol. The van der Waals surface area contributed by atoms with Gasteiger partial charge in [-0.05, 0) is 24.0 Å². The molecule has 0 fully saturated rings. The Hall–Kier alpha value is -2.63. The third-order valence-electron chi connectivity index (χ3n) is 4.31. The number of fused-ring (bicyclic) bond motifs is 2. The van der Waals surface area contributed by atoms with Gasteiger partial charge in [0.1, 0.15) is 0 Å². The van der Waals surface area contributed by atoms with Crippen LogP contribution >= 0.6 is 0 Å². The predicted molar refractivity (Wildman–Crippen MR) is 80.6 cm³/mol. The van der Waals surface area contributed by atoms with Crippen LogP contribution in [0.4, 0.5) is 10.7 Å². The summed E-state index contributed by atoms with van der Waals surface area (Å²) < 4.78 is 0. The lowest BCUT2D eigenvalue weighted by Crippen LogP contribution is -2.23. The number of anilines is 1. The van der Waals surface area contributed by atoms with Crippen molar-refractivity contribution in [1.82, 2.24) is 14.9 Å². The summed E-state index contributed by atoms with van der Waals surface area (Å²) in [5.41, 5.74) is 4.44. The van der Waals surface area contributed by atoms with Crippen molar-refractivity contribution in [3.05, 3.63) is 52.8 Å². The van der Waals surface area contributed by atoms with E-state index in [0.717, 1.165) is 24.1 Å². The van der Waals surface area contributed by atoms with Gasteiger partial charge in [0.25, 0.3) is 0 Å². The molecule has 0 saturated carbocycles. The second kappa shape index (κ2) is 4.98. The minimum atomic E-state index is -0.918. The molecule has 0 atom stereocenters. The van der Waals surface area contributed by atoms with Crippen molar-refractivity contribution in [2.24, 2.45) is 0 Å². The molecule has 1 aromatic carbocycles. The van der Waals surface area contributed by atoms with Crippen LogP contribution in [-0.4, -0.2) is 32.1 Å². The Morgan fingerprint density at radius 1 is 1.18 bits per heavy atom. The number of aromatic nitrogens is 2. The van der Waals surface area contributed by atoms with Gasteiger partial charge in [0.05, 0.1) is 18.8 Å². The van der Waals surface area contributed by atoms with E-state index in [1.807, 2.05) is 0 Å². The van der Waals surface area contributed by atoms with Crippen molar-refractivity contribution in [2.75, 3.05) is 5.32 Å². The molecule has 2 aliphatic rings. The van der Waals surface area contributed by atoms with E-state index in [0.29, 0.717) is 25.1 Å². The summed E-state index contributed by atoms with van der Waals surface area (Å²) in [6, 6.07) is 8.74. The number of carboxylic acid groups (broad SMARTS) is 1. The van der Waals surface area contributed by atoms with E-state index < -0.39 is 6.09 Å². The number of nitrogens with one attached hydrogen (secondary N) is 1. The van der Waals surface area contributed by atoms with E-state index in [2.05, 4.69) is 39.6 Å². The van der Waals surface area contributed by atoms with Crippen molar-refractivity contribution in [3.63, 3.8) is 0 Å². The van der Waals surface area contributed by atoms with Crippen LogP contribution in [0.1, 0.15) is 22.4 Å². The topological polar surface area (TPSA) is 78.3 Å². The smallest absolute Gasteiger partial charge is 0.407 e. The van der Waals surface area contributed by atoms with E-state index in [9.17, 15) is 4.79 Å². The first-order valence-electron chi connectivity index (χ1n) is 7.35. The molecule has 0 radical (unpaired) electrons. The second-order valence-electron chi connectivity index (χ2n) is 5.82. The molecule has 0 saturated heterocycles. The highest BCUT2D eigenvalue weighted by atomic mass is 16.4. The number of hydrogen-bond acceptors (Lipinski definition) is 4. The van der Waals surface area contributed by atoms with E-state index in [-0.39, 0.29) is 0 Å². The molecule has 2 aromatic rings. The number of amides is 1. The van der Waals surface area contributed by atoms with E-state index in [1.165, 1.54) is 16.0 Å². The number of carbonyl (C=O) groups is 1. The van der Waals surface area contributed by atoms with Crippen molar-refractivity contribution in [3.8, 4) is 0 Å². The summed E-state index contributed by atoms with van der Waals surface area (Å²) in [7, 11) is 0. The van der Waals surface area contributed by atoms with Gasteiger partial charge in [0.15, 0.2) is 0 Å². The Labute approximate surface area is 127 Å². The molecule has 6 nitrogen and oxygen atoms in total. The fourth-order valence-corrected chi connectivity index (χ4v) is 3.20.